The second kappa shape index (κ2) is 10.9. The summed E-state index contributed by atoms with van der Waals surface area (Å²) < 4.78 is 19.6. The van der Waals surface area contributed by atoms with Gasteiger partial charge in [0.2, 0.25) is 0 Å². The average molecular weight is 555 g/mol. The molecule has 40 heavy (non-hydrogen) atoms. The lowest BCUT2D eigenvalue weighted by molar-refractivity contribution is -0.150. The van der Waals surface area contributed by atoms with Gasteiger partial charge in [0.15, 0.2) is 0 Å². The number of aryl methyl sites for hydroxylation is 1. The molecule has 3 saturated heterocycles. The first-order valence-electron chi connectivity index (χ1n) is 13.9. The van der Waals surface area contributed by atoms with Gasteiger partial charge in [-0.25, -0.2) is 14.2 Å². The number of hydrogen-bond acceptors (Lipinski definition) is 7. The number of rotatable bonds is 7. The van der Waals surface area contributed by atoms with E-state index in [1.807, 2.05) is 6.07 Å². The lowest BCUT2D eigenvalue weighted by Gasteiger charge is -2.44. The summed E-state index contributed by atoms with van der Waals surface area (Å²) >= 11 is 0. The van der Waals surface area contributed by atoms with Gasteiger partial charge in [-0.05, 0) is 62.4 Å². The van der Waals surface area contributed by atoms with Crippen LogP contribution in [0.4, 0.5) is 15.0 Å². The van der Waals surface area contributed by atoms with E-state index in [0.29, 0.717) is 55.5 Å². The van der Waals surface area contributed by atoms with Crippen LogP contribution in [0.25, 0.3) is 0 Å². The number of anilines is 1. The smallest absolute Gasteiger partial charge is 0.326 e. The molecule has 3 fully saturated rings. The fourth-order valence-electron chi connectivity index (χ4n) is 6.15. The van der Waals surface area contributed by atoms with E-state index >= 15 is 0 Å². The van der Waals surface area contributed by atoms with Crippen molar-refractivity contribution in [3.8, 4) is 5.75 Å². The van der Waals surface area contributed by atoms with E-state index in [2.05, 4.69) is 23.8 Å². The molecular formula is C29H39FN6O4. The Morgan fingerprint density at radius 1 is 1.20 bits per heavy atom. The number of pyridine rings is 1. The van der Waals surface area contributed by atoms with Gasteiger partial charge in [-0.2, -0.15) is 0 Å². The number of nitrogens with one attached hydrogen (secondary N) is 2. The fraction of sp³-hybridized carbons (Fsp3) is 0.552. The van der Waals surface area contributed by atoms with Crippen LogP contribution in [0.15, 0.2) is 30.3 Å². The molecule has 1 aromatic carbocycles. The van der Waals surface area contributed by atoms with Crippen molar-refractivity contribution in [3.05, 3.63) is 53.0 Å². The molecule has 0 aliphatic carbocycles. The Kier molecular flexibility index (Phi) is 7.73. The van der Waals surface area contributed by atoms with E-state index in [1.165, 1.54) is 38.7 Å². The number of amides is 3. The van der Waals surface area contributed by atoms with E-state index in [1.54, 1.807) is 20.8 Å². The number of methoxy groups -OCH3 is 1. The summed E-state index contributed by atoms with van der Waals surface area (Å²) in [5.41, 5.74) is 7.06. The Labute approximate surface area is 234 Å². The van der Waals surface area contributed by atoms with Gasteiger partial charge < -0.3 is 19.6 Å². The Morgan fingerprint density at radius 3 is 2.52 bits per heavy atom. The van der Waals surface area contributed by atoms with Crippen molar-refractivity contribution in [1.82, 2.24) is 25.6 Å². The zero-order valence-corrected chi connectivity index (χ0v) is 23.7. The van der Waals surface area contributed by atoms with Gasteiger partial charge in [-0.3, -0.25) is 20.5 Å². The standard InChI is InChI=1S/C29H39FN6O4/c1-5-24-23(20-15-31-32-16-20)6-7-25(33-24)35-18-29(8-10-34(11-9-29)26(37)28(2,3)39)36(27(35)38)17-19-12-21(30)14-22(13-19)40-4/h6-7,12-14,20,31-32,39H,5,8-11,15-18H2,1-4H3. The number of ether oxygens (including phenoxy) is 1. The number of halogens is 1. The van der Waals surface area contributed by atoms with Crippen LogP contribution < -0.4 is 20.5 Å². The van der Waals surface area contributed by atoms with Gasteiger partial charge in [-0.1, -0.05) is 13.0 Å². The quantitative estimate of drug-likeness (QED) is 0.483. The molecule has 10 nitrogen and oxygen atoms in total. The highest BCUT2D eigenvalue weighted by Gasteiger charge is 2.52. The second-order valence-corrected chi connectivity index (χ2v) is 11.5. The summed E-state index contributed by atoms with van der Waals surface area (Å²) in [5, 5.41) is 10.3. The number of carbonyl (C=O) groups is 2. The summed E-state index contributed by atoms with van der Waals surface area (Å²) in [7, 11) is 1.48. The van der Waals surface area contributed by atoms with Crippen molar-refractivity contribution in [2.75, 3.05) is 44.7 Å². The molecule has 1 aromatic heterocycles. The molecule has 216 valence electrons. The monoisotopic (exact) mass is 554 g/mol. The Bertz CT molecular complexity index is 1270. The molecule has 0 radical (unpaired) electrons. The second-order valence-electron chi connectivity index (χ2n) is 11.5. The van der Waals surface area contributed by atoms with Crippen molar-refractivity contribution in [2.24, 2.45) is 0 Å². The minimum atomic E-state index is -1.47. The van der Waals surface area contributed by atoms with Crippen molar-refractivity contribution in [1.29, 1.82) is 0 Å². The number of hydrazine groups is 1. The van der Waals surface area contributed by atoms with Gasteiger partial charge in [0, 0.05) is 50.4 Å². The predicted octanol–water partition coefficient (Wildman–Crippen LogP) is 2.56. The summed E-state index contributed by atoms with van der Waals surface area (Å²) in [5.74, 6) is 0.537. The molecule has 3 aliphatic rings. The van der Waals surface area contributed by atoms with Gasteiger partial charge in [0.25, 0.3) is 5.91 Å². The molecule has 0 atom stereocenters. The molecule has 3 aliphatic heterocycles. The largest absolute Gasteiger partial charge is 0.497 e. The molecule has 3 amide bonds. The third kappa shape index (κ3) is 5.37. The fourth-order valence-corrected chi connectivity index (χ4v) is 6.15. The van der Waals surface area contributed by atoms with Crippen molar-refractivity contribution >= 4 is 17.8 Å². The predicted molar refractivity (Wildman–Crippen MR) is 148 cm³/mol. The van der Waals surface area contributed by atoms with E-state index in [0.717, 1.165) is 25.2 Å². The van der Waals surface area contributed by atoms with Crippen LogP contribution in [0.3, 0.4) is 0 Å². The highest BCUT2D eigenvalue weighted by atomic mass is 19.1. The van der Waals surface area contributed by atoms with Gasteiger partial charge in [0.1, 0.15) is 23.0 Å². The number of piperidine rings is 1. The van der Waals surface area contributed by atoms with Crippen LogP contribution in [0.2, 0.25) is 0 Å². The highest BCUT2D eigenvalue weighted by molar-refractivity contribution is 5.94. The third-order valence-corrected chi connectivity index (χ3v) is 8.37. The van der Waals surface area contributed by atoms with Gasteiger partial charge >= 0.3 is 6.03 Å². The van der Waals surface area contributed by atoms with Crippen LogP contribution in [0.1, 0.15) is 56.4 Å². The number of aromatic nitrogens is 1. The van der Waals surface area contributed by atoms with Crippen LogP contribution in [-0.2, 0) is 17.8 Å². The number of hydrogen-bond donors (Lipinski definition) is 3. The summed E-state index contributed by atoms with van der Waals surface area (Å²) in [6.45, 7) is 8.10. The number of carbonyl (C=O) groups excluding carboxylic acids is 2. The molecule has 11 heteroatoms. The number of likely N-dealkylation sites (tertiary alicyclic amines) is 1. The van der Waals surface area contributed by atoms with Gasteiger partial charge in [0.05, 0.1) is 19.2 Å². The summed E-state index contributed by atoms with van der Waals surface area (Å²) in [6.07, 6.45) is 1.80. The van der Waals surface area contributed by atoms with E-state index in [9.17, 15) is 19.1 Å². The Balaban J connectivity index is 1.46. The third-order valence-electron chi connectivity index (χ3n) is 8.37. The Hall–Kier alpha value is -3.28. The molecule has 1 spiro atoms. The number of aliphatic hydroxyl groups is 1. The zero-order chi connectivity index (χ0) is 28.7. The van der Waals surface area contributed by atoms with Crippen molar-refractivity contribution in [2.45, 2.75) is 63.6 Å². The molecule has 0 bridgehead atoms. The number of nitrogens with zero attached hydrogens (tertiary/aromatic N) is 4. The van der Waals surface area contributed by atoms with E-state index in [4.69, 9.17) is 9.72 Å². The topological polar surface area (TPSA) is 110 Å². The molecular weight excluding hydrogens is 515 g/mol. The molecule has 0 unspecified atom stereocenters. The minimum absolute atomic E-state index is 0.195. The highest BCUT2D eigenvalue weighted by Crippen LogP contribution is 2.40. The van der Waals surface area contributed by atoms with E-state index < -0.39 is 17.0 Å². The first-order valence-corrected chi connectivity index (χ1v) is 13.9. The molecule has 2 aromatic rings. The zero-order valence-electron chi connectivity index (χ0n) is 23.7. The lowest BCUT2D eigenvalue weighted by atomic mass is 9.85. The lowest BCUT2D eigenvalue weighted by Crippen LogP contribution is -2.57. The minimum Gasteiger partial charge on any atom is -0.497 e. The van der Waals surface area contributed by atoms with E-state index in [-0.39, 0.29) is 18.5 Å². The maximum absolute atomic E-state index is 14.4. The van der Waals surface area contributed by atoms with Crippen LogP contribution in [0, 0.1) is 5.82 Å². The summed E-state index contributed by atoms with van der Waals surface area (Å²) in [6, 6.07) is 8.27. The number of benzene rings is 1. The molecule has 0 saturated carbocycles. The first-order chi connectivity index (χ1) is 19.0. The van der Waals surface area contributed by atoms with Crippen molar-refractivity contribution < 1.29 is 23.8 Å². The Morgan fingerprint density at radius 2 is 1.90 bits per heavy atom. The summed E-state index contributed by atoms with van der Waals surface area (Å²) in [4.78, 5) is 37.0. The van der Waals surface area contributed by atoms with Gasteiger partial charge in [-0.15, -0.1) is 0 Å². The molecule has 5 rings (SSSR count). The maximum Gasteiger partial charge on any atom is 0.326 e. The maximum atomic E-state index is 14.4. The molecule has 4 heterocycles. The first kappa shape index (κ1) is 28.3. The van der Waals surface area contributed by atoms with Crippen LogP contribution >= 0.6 is 0 Å². The average Bonchev–Trinajstić information content (AvgIpc) is 3.56. The normalized spacial score (nSPS) is 19.6. The SMILES string of the molecule is CCc1nc(N2CC3(CCN(C(=O)C(C)(C)O)CC3)N(Cc3cc(F)cc(OC)c3)C2=O)ccc1C1CNNC1. The molecule has 3 N–H and O–H groups in total. The van der Waals surface area contributed by atoms with Crippen LogP contribution in [-0.4, -0.2) is 82.8 Å². The van der Waals surface area contributed by atoms with Crippen molar-refractivity contribution in [3.63, 3.8) is 0 Å². The number of urea groups is 1. The van der Waals surface area contributed by atoms with Crippen LogP contribution in [0.5, 0.6) is 5.75 Å².